The van der Waals surface area contributed by atoms with E-state index >= 15 is 0 Å². The zero-order valence-corrected chi connectivity index (χ0v) is 11.7. The van der Waals surface area contributed by atoms with E-state index in [9.17, 15) is 8.42 Å². The van der Waals surface area contributed by atoms with Gasteiger partial charge in [0.25, 0.3) is 0 Å². The molecule has 96 valence electrons. The van der Waals surface area contributed by atoms with Gasteiger partial charge in [-0.25, -0.2) is 8.42 Å². The molecular weight excluding hydrogens is 254 g/mol. The smallest absolute Gasteiger partial charge is 0.151 e. The van der Waals surface area contributed by atoms with E-state index in [4.69, 9.17) is 0 Å². The number of sulfone groups is 1. The molecule has 1 N–H and O–H groups in total. The van der Waals surface area contributed by atoms with Gasteiger partial charge in [-0.2, -0.15) is 0 Å². The van der Waals surface area contributed by atoms with Crippen molar-refractivity contribution < 1.29 is 8.42 Å². The summed E-state index contributed by atoms with van der Waals surface area (Å²) in [6.07, 6.45) is 2.76. The summed E-state index contributed by atoms with van der Waals surface area (Å²) in [6.45, 7) is 2.13. The summed E-state index contributed by atoms with van der Waals surface area (Å²) in [6, 6.07) is 4.66. The number of thiophene rings is 1. The lowest BCUT2D eigenvalue weighted by molar-refractivity contribution is 0.429. The van der Waals surface area contributed by atoms with Gasteiger partial charge in [0.1, 0.15) is 0 Å². The molecule has 2 rings (SSSR count). The first kappa shape index (κ1) is 13.1. The maximum atomic E-state index is 11.5. The Morgan fingerprint density at radius 2 is 2.41 bits per heavy atom. The van der Waals surface area contributed by atoms with E-state index in [0.29, 0.717) is 17.5 Å². The van der Waals surface area contributed by atoms with E-state index in [-0.39, 0.29) is 6.04 Å². The lowest BCUT2D eigenvalue weighted by Crippen LogP contribution is -2.44. The van der Waals surface area contributed by atoms with E-state index in [0.717, 1.165) is 19.3 Å². The van der Waals surface area contributed by atoms with Crippen molar-refractivity contribution in [2.24, 2.45) is 0 Å². The highest BCUT2D eigenvalue weighted by Crippen LogP contribution is 2.15. The van der Waals surface area contributed by atoms with Gasteiger partial charge in [-0.1, -0.05) is 6.07 Å². The fourth-order valence-electron chi connectivity index (χ4n) is 2.35. The largest absolute Gasteiger partial charge is 0.310 e. The molecule has 2 atom stereocenters. The Morgan fingerprint density at radius 1 is 1.59 bits per heavy atom. The monoisotopic (exact) mass is 273 g/mol. The van der Waals surface area contributed by atoms with Crippen LogP contribution in [0.15, 0.2) is 17.5 Å². The van der Waals surface area contributed by atoms with Crippen molar-refractivity contribution in [1.82, 2.24) is 5.32 Å². The molecule has 3 nitrogen and oxygen atoms in total. The van der Waals surface area contributed by atoms with Crippen molar-refractivity contribution in [3.8, 4) is 0 Å². The molecule has 2 unspecified atom stereocenters. The summed E-state index contributed by atoms with van der Waals surface area (Å²) >= 11 is 1.75. The van der Waals surface area contributed by atoms with E-state index in [1.165, 1.54) is 4.88 Å². The predicted molar refractivity (Wildman–Crippen MR) is 72.3 cm³/mol. The maximum absolute atomic E-state index is 11.5. The topological polar surface area (TPSA) is 46.2 Å². The highest BCUT2D eigenvalue weighted by Gasteiger charge is 2.25. The SMILES string of the molecule is CC(Cc1cccs1)NC1CCCS(=O)(=O)C1. The molecule has 0 spiro atoms. The number of rotatable bonds is 4. The minimum Gasteiger partial charge on any atom is -0.310 e. The molecule has 1 aromatic rings. The standard InChI is InChI=1S/C12H19NO2S2/c1-10(8-12-5-2-6-16-12)13-11-4-3-7-17(14,15)9-11/h2,5-6,10-11,13H,3-4,7-9H2,1H3. The van der Waals surface area contributed by atoms with Gasteiger partial charge in [-0.15, -0.1) is 11.3 Å². The van der Waals surface area contributed by atoms with Gasteiger partial charge in [0, 0.05) is 17.0 Å². The van der Waals surface area contributed by atoms with Gasteiger partial charge in [-0.3, -0.25) is 0 Å². The Bertz CT molecular complexity index is 439. The normalized spacial score (nSPS) is 25.6. The molecule has 0 aliphatic carbocycles. The van der Waals surface area contributed by atoms with Gasteiger partial charge in [0.2, 0.25) is 0 Å². The van der Waals surface area contributed by atoms with Crippen molar-refractivity contribution in [2.45, 2.75) is 38.3 Å². The molecule has 0 aromatic carbocycles. The second-order valence-electron chi connectivity index (χ2n) is 4.80. The van der Waals surface area contributed by atoms with Crippen LogP contribution < -0.4 is 5.32 Å². The Labute approximate surface area is 107 Å². The van der Waals surface area contributed by atoms with Crippen LogP contribution in [0.4, 0.5) is 0 Å². The van der Waals surface area contributed by atoms with E-state index in [2.05, 4.69) is 29.8 Å². The Balaban J connectivity index is 1.84. The van der Waals surface area contributed by atoms with Gasteiger partial charge in [0.05, 0.1) is 11.5 Å². The number of nitrogens with one attached hydrogen (secondary N) is 1. The van der Waals surface area contributed by atoms with Crippen LogP contribution >= 0.6 is 11.3 Å². The molecule has 1 aliphatic heterocycles. The predicted octanol–water partition coefficient (Wildman–Crippen LogP) is 1.85. The summed E-state index contributed by atoms with van der Waals surface area (Å²) in [5, 5.41) is 5.52. The van der Waals surface area contributed by atoms with E-state index in [1.807, 2.05) is 0 Å². The molecule has 1 aromatic heterocycles. The molecule has 0 radical (unpaired) electrons. The molecule has 5 heteroatoms. The lowest BCUT2D eigenvalue weighted by atomic mass is 10.1. The van der Waals surface area contributed by atoms with Crippen LogP contribution in [0.5, 0.6) is 0 Å². The van der Waals surface area contributed by atoms with Crippen molar-refractivity contribution in [3.63, 3.8) is 0 Å². The van der Waals surface area contributed by atoms with Gasteiger partial charge >= 0.3 is 0 Å². The first-order valence-electron chi connectivity index (χ1n) is 6.04. The third kappa shape index (κ3) is 4.08. The van der Waals surface area contributed by atoms with Crippen LogP contribution in [-0.2, 0) is 16.3 Å². The van der Waals surface area contributed by atoms with Crippen LogP contribution in [0, 0.1) is 0 Å². The van der Waals surface area contributed by atoms with Crippen molar-refractivity contribution in [2.75, 3.05) is 11.5 Å². The van der Waals surface area contributed by atoms with Crippen LogP contribution in [0.2, 0.25) is 0 Å². The molecule has 1 aliphatic rings. The van der Waals surface area contributed by atoms with Gasteiger partial charge in [0.15, 0.2) is 9.84 Å². The third-order valence-electron chi connectivity index (χ3n) is 3.07. The second-order valence-corrected chi connectivity index (χ2v) is 8.07. The second kappa shape index (κ2) is 5.50. The number of hydrogen-bond acceptors (Lipinski definition) is 4. The number of hydrogen-bond donors (Lipinski definition) is 1. The zero-order valence-electron chi connectivity index (χ0n) is 10.1. The fraction of sp³-hybridized carbons (Fsp3) is 0.667. The van der Waals surface area contributed by atoms with Crippen LogP contribution in [-0.4, -0.2) is 32.0 Å². The fourth-order valence-corrected chi connectivity index (χ4v) is 4.83. The van der Waals surface area contributed by atoms with E-state index in [1.54, 1.807) is 11.3 Å². The first-order valence-corrected chi connectivity index (χ1v) is 8.74. The summed E-state index contributed by atoms with van der Waals surface area (Å²) in [4.78, 5) is 1.35. The van der Waals surface area contributed by atoms with Crippen LogP contribution in [0.1, 0.15) is 24.6 Å². The minimum absolute atomic E-state index is 0.142. The average molecular weight is 273 g/mol. The average Bonchev–Trinajstić information content (AvgIpc) is 2.68. The molecule has 1 fully saturated rings. The van der Waals surface area contributed by atoms with Gasteiger partial charge in [-0.05, 0) is 37.6 Å². The first-order chi connectivity index (χ1) is 8.05. The van der Waals surface area contributed by atoms with E-state index < -0.39 is 9.84 Å². The van der Waals surface area contributed by atoms with Crippen molar-refractivity contribution >= 4 is 21.2 Å². The molecule has 1 saturated heterocycles. The Morgan fingerprint density at radius 3 is 3.06 bits per heavy atom. The molecule has 2 heterocycles. The summed E-state index contributed by atoms with van der Waals surface area (Å²) in [5.41, 5.74) is 0. The van der Waals surface area contributed by atoms with Gasteiger partial charge < -0.3 is 5.32 Å². The molecule has 0 bridgehead atoms. The minimum atomic E-state index is -2.80. The quantitative estimate of drug-likeness (QED) is 0.910. The summed E-state index contributed by atoms with van der Waals surface area (Å²) in [7, 11) is -2.80. The van der Waals surface area contributed by atoms with Crippen molar-refractivity contribution in [1.29, 1.82) is 0 Å². The highest BCUT2D eigenvalue weighted by molar-refractivity contribution is 7.91. The maximum Gasteiger partial charge on any atom is 0.151 e. The zero-order chi connectivity index (χ0) is 12.3. The Hall–Kier alpha value is -0.390. The summed E-state index contributed by atoms with van der Waals surface area (Å²) < 4.78 is 23.0. The van der Waals surface area contributed by atoms with Crippen molar-refractivity contribution in [3.05, 3.63) is 22.4 Å². The lowest BCUT2D eigenvalue weighted by Gasteiger charge is -2.26. The molecule has 17 heavy (non-hydrogen) atoms. The molecule has 0 saturated carbocycles. The summed E-state index contributed by atoms with van der Waals surface area (Å²) in [5.74, 6) is 0.673. The third-order valence-corrected chi connectivity index (χ3v) is 5.79. The highest BCUT2D eigenvalue weighted by atomic mass is 32.2. The molecular formula is C12H19NO2S2. The van der Waals surface area contributed by atoms with Crippen LogP contribution in [0.3, 0.4) is 0 Å². The Kier molecular flexibility index (Phi) is 4.22. The molecule has 0 amide bonds. The van der Waals surface area contributed by atoms with Crippen LogP contribution in [0.25, 0.3) is 0 Å².